The number of rotatable bonds is 6. The van der Waals surface area contributed by atoms with E-state index in [0.29, 0.717) is 26.3 Å². The molecule has 2 N–H and O–H groups in total. The minimum absolute atomic E-state index is 0.248. The first-order chi connectivity index (χ1) is 9.24. The molecule has 100 valence electrons. The van der Waals surface area contributed by atoms with E-state index in [1.807, 2.05) is 21.5 Å². The highest BCUT2D eigenvalue weighted by atomic mass is 16.5. The number of pyridine rings is 2. The Morgan fingerprint density at radius 3 is 1.74 bits per heavy atom. The lowest BCUT2D eigenvalue weighted by molar-refractivity contribution is -0.705. The number of aromatic nitrogens is 2. The Morgan fingerprint density at radius 1 is 0.842 bits per heavy atom. The van der Waals surface area contributed by atoms with E-state index in [4.69, 9.17) is 4.74 Å². The number of hydrogen-bond acceptors (Lipinski definition) is 3. The van der Waals surface area contributed by atoms with Crippen molar-refractivity contribution >= 4 is 0 Å². The van der Waals surface area contributed by atoms with E-state index in [1.54, 1.807) is 36.7 Å². The molecule has 0 aliphatic carbocycles. The van der Waals surface area contributed by atoms with Crippen LogP contribution in [0, 0.1) is 0 Å². The Labute approximate surface area is 112 Å². The Kier molecular flexibility index (Phi) is 4.69. The Balaban J connectivity index is 1.67. The third-order valence-electron chi connectivity index (χ3n) is 2.67. The first-order valence-corrected chi connectivity index (χ1v) is 6.18. The van der Waals surface area contributed by atoms with Crippen molar-refractivity contribution < 1.29 is 24.1 Å². The monoisotopic (exact) mass is 262 g/mol. The Bertz CT molecular complexity index is 484. The minimum Gasteiger partial charge on any atom is -0.503 e. The largest absolute Gasteiger partial charge is 0.503 e. The molecule has 0 saturated carbocycles. The molecule has 19 heavy (non-hydrogen) atoms. The highest BCUT2D eigenvalue weighted by molar-refractivity contribution is 5.09. The van der Waals surface area contributed by atoms with Crippen LogP contribution in [0.5, 0.6) is 11.5 Å². The number of hydrogen-bond donors (Lipinski definition) is 2. The van der Waals surface area contributed by atoms with Crippen molar-refractivity contribution in [2.45, 2.75) is 13.1 Å². The van der Waals surface area contributed by atoms with E-state index < -0.39 is 0 Å². The molecule has 0 aromatic carbocycles. The second-order valence-corrected chi connectivity index (χ2v) is 4.21. The first kappa shape index (κ1) is 13.3. The number of ether oxygens (including phenoxy) is 1. The molecule has 0 saturated heterocycles. The Hall–Kier alpha value is -2.14. The van der Waals surface area contributed by atoms with Gasteiger partial charge >= 0.3 is 0 Å². The standard InChI is InChI=1S/C14H16N2O3/c17-13-3-1-5-15(11-13)7-9-19-10-8-16-6-2-4-14(18)12-16/h1-6,11-12H,7-10H2/p+2. The highest BCUT2D eigenvalue weighted by Crippen LogP contribution is 2.00. The van der Waals surface area contributed by atoms with Crippen LogP contribution in [0.15, 0.2) is 49.1 Å². The second kappa shape index (κ2) is 6.70. The van der Waals surface area contributed by atoms with Gasteiger partial charge in [-0.15, -0.1) is 0 Å². The molecule has 5 heteroatoms. The van der Waals surface area contributed by atoms with E-state index in [2.05, 4.69) is 0 Å². The van der Waals surface area contributed by atoms with E-state index in [0.717, 1.165) is 0 Å². The van der Waals surface area contributed by atoms with Gasteiger partial charge in [-0.2, -0.15) is 9.13 Å². The van der Waals surface area contributed by atoms with E-state index in [9.17, 15) is 10.2 Å². The lowest BCUT2D eigenvalue weighted by atomic mass is 10.4. The molecular weight excluding hydrogens is 244 g/mol. The van der Waals surface area contributed by atoms with Gasteiger partial charge in [0, 0.05) is 12.1 Å². The molecule has 0 aliphatic heterocycles. The third-order valence-corrected chi connectivity index (χ3v) is 2.67. The molecule has 2 aromatic rings. The number of aromatic hydroxyl groups is 2. The van der Waals surface area contributed by atoms with Crippen molar-refractivity contribution in [3.05, 3.63) is 49.1 Å². The van der Waals surface area contributed by atoms with Crippen molar-refractivity contribution in [1.82, 2.24) is 0 Å². The summed E-state index contributed by atoms with van der Waals surface area (Å²) in [6, 6.07) is 6.85. The van der Waals surface area contributed by atoms with Crippen LogP contribution in [0.25, 0.3) is 0 Å². The quantitative estimate of drug-likeness (QED) is 0.585. The molecule has 0 atom stereocenters. The fraction of sp³-hybridized carbons (Fsp3) is 0.286. The summed E-state index contributed by atoms with van der Waals surface area (Å²) in [6.45, 7) is 2.54. The molecule has 0 unspecified atom stereocenters. The smallest absolute Gasteiger partial charge is 0.211 e. The van der Waals surface area contributed by atoms with E-state index in [-0.39, 0.29) is 11.5 Å². The summed E-state index contributed by atoms with van der Waals surface area (Å²) in [5.41, 5.74) is 0. The van der Waals surface area contributed by atoms with Crippen LogP contribution in [0.3, 0.4) is 0 Å². The third kappa shape index (κ3) is 4.56. The average Bonchev–Trinajstić information content (AvgIpc) is 2.38. The fourth-order valence-corrected chi connectivity index (χ4v) is 1.74. The molecule has 0 bridgehead atoms. The summed E-state index contributed by atoms with van der Waals surface area (Å²) in [4.78, 5) is 0. The average molecular weight is 262 g/mol. The van der Waals surface area contributed by atoms with Crippen LogP contribution >= 0.6 is 0 Å². The minimum atomic E-state index is 0.248. The SMILES string of the molecule is Oc1ccc[n+](CCOCC[n+]2cccc(O)c2)c1. The van der Waals surface area contributed by atoms with Gasteiger partial charge < -0.3 is 14.9 Å². The van der Waals surface area contributed by atoms with Gasteiger partial charge in [-0.3, -0.25) is 0 Å². The lowest BCUT2D eigenvalue weighted by Gasteiger charge is -2.00. The summed E-state index contributed by atoms with van der Waals surface area (Å²) >= 11 is 0. The summed E-state index contributed by atoms with van der Waals surface area (Å²) in [5, 5.41) is 18.6. The van der Waals surface area contributed by atoms with Gasteiger partial charge in [0.15, 0.2) is 37.0 Å². The maximum atomic E-state index is 9.30. The van der Waals surface area contributed by atoms with Gasteiger partial charge in [0.2, 0.25) is 12.4 Å². The van der Waals surface area contributed by atoms with Crippen molar-refractivity contribution in [1.29, 1.82) is 0 Å². The second-order valence-electron chi connectivity index (χ2n) is 4.21. The van der Waals surface area contributed by atoms with Crippen LogP contribution < -0.4 is 9.13 Å². The van der Waals surface area contributed by atoms with Gasteiger partial charge in [-0.05, 0) is 12.1 Å². The van der Waals surface area contributed by atoms with Crippen molar-refractivity contribution in [3.63, 3.8) is 0 Å². The molecule has 0 spiro atoms. The molecular formula is C14H18N2O3+2. The topological polar surface area (TPSA) is 57.5 Å². The summed E-state index contributed by atoms with van der Waals surface area (Å²) in [7, 11) is 0. The zero-order valence-electron chi connectivity index (χ0n) is 10.6. The predicted octanol–water partition coefficient (Wildman–Crippen LogP) is 0.390. The summed E-state index contributed by atoms with van der Waals surface area (Å²) < 4.78 is 9.26. The van der Waals surface area contributed by atoms with Gasteiger partial charge in [0.25, 0.3) is 0 Å². The number of nitrogens with zero attached hydrogens (tertiary/aromatic N) is 2. The summed E-state index contributed by atoms with van der Waals surface area (Å²) in [5.74, 6) is 0.496. The van der Waals surface area contributed by atoms with Crippen molar-refractivity contribution in [3.8, 4) is 11.5 Å². The predicted molar refractivity (Wildman–Crippen MR) is 67.4 cm³/mol. The molecule has 0 radical (unpaired) electrons. The molecule has 2 aromatic heterocycles. The molecule has 2 rings (SSSR count). The van der Waals surface area contributed by atoms with Crippen LogP contribution in [0.4, 0.5) is 0 Å². The van der Waals surface area contributed by atoms with Crippen molar-refractivity contribution in [2.24, 2.45) is 0 Å². The van der Waals surface area contributed by atoms with Gasteiger partial charge in [-0.1, -0.05) is 0 Å². The lowest BCUT2D eigenvalue weighted by Crippen LogP contribution is -2.37. The van der Waals surface area contributed by atoms with Crippen LogP contribution in [-0.4, -0.2) is 23.4 Å². The zero-order valence-corrected chi connectivity index (χ0v) is 10.6. The van der Waals surface area contributed by atoms with Crippen molar-refractivity contribution in [2.75, 3.05) is 13.2 Å². The Morgan fingerprint density at radius 2 is 1.32 bits per heavy atom. The van der Waals surface area contributed by atoms with Crippen LogP contribution in [0.1, 0.15) is 0 Å². The maximum Gasteiger partial charge on any atom is 0.211 e. The van der Waals surface area contributed by atoms with Crippen LogP contribution in [-0.2, 0) is 17.8 Å². The van der Waals surface area contributed by atoms with Gasteiger partial charge in [0.1, 0.15) is 13.2 Å². The molecule has 0 aliphatic rings. The van der Waals surface area contributed by atoms with Gasteiger partial charge in [0.05, 0.1) is 0 Å². The van der Waals surface area contributed by atoms with E-state index in [1.165, 1.54) is 0 Å². The summed E-state index contributed by atoms with van der Waals surface area (Å²) in [6.07, 6.45) is 7.08. The zero-order chi connectivity index (χ0) is 13.5. The highest BCUT2D eigenvalue weighted by Gasteiger charge is 2.04. The normalized spacial score (nSPS) is 10.5. The van der Waals surface area contributed by atoms with Crippen LogP contribution in [0.2, 0.25) is 0 Å². The fourth-order valence-electron chi connectivity index (χ4n) is 1.74. The van der Waals surface area contributed by atoms with E-state index >= 15 is 0 Å². The maximum absolute atomic E-state index is 9.30. The first-order valence-electron chi connectivity index (χ1n) is 6.18. The molecule has 2 heterocycles. The molecule has 5 nitrogen and oxygen atoms in total. The van der Waals surface area contributed by atoms with Gasteiger partial charge in [-0.25, -0.2) is 0 Å². The molecule has 0 amide bonds. The molecule has 0 fully saturated rings.